The van der Waals surface area contributed by atoms with Gasteiger partial charge in [0.25, 0.3) is 0 Å². The van der Waals surface area contributed by atoms with Gasteiger partial charge in [-0.2, -0.15) is 0 Å². The second-order valence-electron chi connectivity index (χ2n) is 4.88. The van der Waals surface area contributed by atoms with Gasteiger partial charge in [-0.3, -0.25) is 9.59 Å². The number of carbonyl (C=O) groups excluding carboxylic acids is 2. The molecule has 0 saturated heterocycles. The van der Waals surface area contributed by atoms with E-state index in [1.807, 2.05) is 12.1 Å². The van der Waals surface area contributed by atoms with Crippen LogP contribution < -0.4 is 15.4 Å². The molecule has 2 N–H and O–H groups in total. The van der Waals surface area contributed by atoms with E-state index in [1.165, 1.54) is 25.8 Å². The molecule has 0 radical (unpaired) electrons. The summed E-state index contributed by atoms with van der Waals surface area (Å²) in [5, 5.41) is 6.12. The molecule has 0 fully saturated rings. The van der Waals surface area contributed by atoms with Crippen LogP contribution in [-0.2, 0) is 9.59 Å². The van der Waals surface area contributed by atoms with Gasteiger partial charge in [0, 0.05) is 22.9 Å². The number of hydrogen-bond acceptors (Lipinski definition) is 4. The minimum atomic E-state index is -0.216. The summed E-state index contributed by atoms with van der Waals surface area (Å²) in [5.41, 5.74) is 1.01. The topological polar surface area (TPSA) is 67.4 Å². The van der Waals surface area contributed by atoms with E-state index in [0.29, 0.717) is 22.1 Å². The molecule has 0 bridgehead atoms. The maximum Gasteiger partial charge on any atom is 0.234 e. The molecule has 0 atom stereocenters. The van der Waals surface area contributed by atoms with Crippen molar-refractivity contribution in [2.75, 3.05) is 23.5 Å². The third kappa shape index (κ3) is 5.47. The number of thioether (sulfide) groups is 1. The van der Waals surface area contributed by atoms with Gasteiger partial charge in [-0.15, -0.1) is 11.8 Å². The zero-order valence-corrected chi connectivity index (χ0v) is 14.8. The first-order valence-electron chi connectivity index (χ1n) is 7.12. The van der Waals surface area contributed by atoms with Gasteiger partial charge in [-0.1, -0.05) is 11.6 Å². The number of nitrogens with one attached hydrogen (secondary N) is 2. The average molecular weight is 365 g/mol. The molecule has 0 heterocycles. The number of rotatable bonds is 6. The predicted octanol–water partition coefficient (Wildman–Crippen LogP) is 4.04. The van der Waals surface area contributed by atoms with Crippen molar-refractivity contribution in [3.05, 3.63) is 47.5 Å². The van der Waals surface area contributed by atoms with Crippen LogP contribution in [-0.4, -0.2) is 24.7 Å². The highest BCUT2D eigenvalue weighted by molar-refractivity contribution is 8.00. The molecule has 0 saturated carbocycles. The Balaban J connectivity index is 2.03. The van der Waals surface area contributed by atoms with Crippen LogP contribution >= 0.6 is 23.4 Å². The summed E-state index contributed by atoms with van der Waals surface area (Å²) in [6.45, 7) is 1.41. The molecule has 0 aromatic heterocycles. The molecule has 2 amide bonds. The highest BCUT2D eigenvalue weighted by atomic mass is 35.5. The highest BCUT2D eigenvalue weighted by Gasteiger charge is 2.10. The minimum Gasteiger partial charge on any atom is -0.497 e. The van der Waals surface area contributed by atoms with Crippen molar-refractivity contribution in [1.29, 1.82) is 0 Å². The summed E-state index contributed by atoms with van der Waals surface area (Å²) < 4.78 is 5.16. The zero-order valence-electron chi connectivity index (χ0n) is 13.3. The number of halogens is 1. The molecule has 0 aliphatic heterocycles. The summed E-state index contributed by atoms with van der Waals surface area (Å²) in [4.78, 5) is 24.4. The molecule has 2 aromatic rings. The van der Waals surface area contributed by atoms with Crippen LogP contribution in [0, 0.1) is 0 Å². The summed E-state index contributed by atoms with van der Waals surface area (Å²) in [5.74, 6) is 0.420. The molecule has 24 heavy (non-hydrogen) atoms. The number of anilines is 2. The van der Waals surface area contributed by atoms with E-state index in [2.05, 4.69) is 10.6 Å². The Bertz CT molecular complexity index is 735. The molecule has 126 valence electrons. The maximum absolute atomic E-state index is 12.2. The first kappa shape index (κ1) is 18.2. The lowest BCUT2D eigenvalue weighted by molar-refractivity contribution is -0.115. The van der Waals surface area contributed by atoms with Crippen molar-refractivity contribution in [3.63, 3.8) is 0 Å². The van der Waals surface area contributed by atoms with Crippen LogP contribution in [0.3, 0.4) is 0 Å². The number of amides is 2. The zero-order chi connectivity index (χ0) is 17.5. The summed E-state index contributed by atoms with van der Waals surface area (Å²) in [6.07, 6.45) is 0. The van der Waals surface area contributed by atoms with Crippen molar-refractivity contribution in [2.24, 2.45) is 0 Å². The quantitative estimate of drug-likeness (QED) is 0.759. The lowest BCUT2D eigenvalue weighted by atomic mass is 10.2. The smallest absolute Gasteiger partial charge is 0.234 e. The summed E-state index contributed by atoms with van der Waals surface area (Å²) in [6, 6.07) is 12.3. The first-order valence-corrected chi connectivity index (χ1v) is 8.48. The van der Waals surface area contributed by atoms with Crippen LogP contribution in [0.1, 0.15) is 6.92 Å². The Morgan fingerprint density at radius 1 is 1.08 bits per heavy atom. The Labute approximate surface area is 149 Å². The van der Waals surface area contributed by atoms with Crippen molar-refractivity contribution in [1.82, 2.24) is 0 Å². The number of carbonyl (C=O) groups is 2. The van der Waals surface area contributed by atoms with Crippen molar-refractivity contribution in [2.45, 2.75) is 11.8 Å². The summed E-state index contributed by atoms with van der Waals surface area (Å²) >= 11 is 7.23. The molecule has 2 aromatic carbocycles. The lowest BCUT2D eigenvalue weighted by Crippen LogP contribution is -2.16. The Kier molecular flexibility index (Phi) is 6.52. The molecule has 0 unspecified atom stereocenters. The van der Waals surface area contributed by atoms with Gasteiger partial charge in [0.05, 0.1) is 24.2 Å². The van der Waals surface area contributed by atoms with Crippen LogP contribution in [0.15, 0.2) is 47.4 Å². The molecule has 2 rings (SSSR count). The van der Waals surface area contributed by atoms with Crippen LogP contribution in [0.2, 0.25) is 5.02 Å². The number of benzene rings is 2. The molecule has 0 aliphatic carbocycles. The van der Waals surface area contributed by atoms with Gasteiger partial charge in [-0.05, 0) is 36.4 Å². The predicted molar refractivity (Wildman–Crippen MR) is 98.1 cm³/mol. The molecule has 0 aliphatic rings. The normalized spacial score (nSPS) is 10.1. The van der Waals surface area contributed by atoms with E-state index in [4.69, 9.17) is 16.3 Å². The van der Waals surface area contributed by atoms with E-state index in [0.717, 1.165) is 4.90 Å². The van der Waals surface area contributed by atoms with E-state index in [1.54, 1.807) is 30.3 Å². The highest BCUT2D eigenvalue weighted by Crippen LogP contribution is 2.28. The first-order chi connectivity index (χ1) is 11.5. The number of ether oxygens (including phenoxy) is 1. The van der Waals surface area contributed by atoms with Crippen LogP contribution in [0.4, 0.5) is 11.4 Å². The molecule has 5 nitrogen and oxygen atoms in total. The van der Waals surface area contributed by atoms with Gasteiger partial charge in [-0.25, -0.2) is 0 Å². The molecular weight excluding hydrogens is 348 g/mol. The van der Waals surface area contributed by atoms with Crippen LogP contribution in [0.5, 0.6) is 5.75 Å². The Hall–Kier alpha value is -2.18. The standard InChI is InChI=1S/C17H17ClN2O3S/c1-11(21)19-15-8-5-13(23-2)9-16(15)20-17(22)10-24-14-6-3-12(18)4-7-14/h3-9H,10H2,1-2H3,(H,19,21)(H,20,22). The fourth-order valence-corrected chi connectivity index (χ4v) is 2.74. The van der Waals surface area contributed by atoms with E-state index in [9.17, 15) is 9.59 Å². The minimum absolute atomic E-state index is 0.185. The monoisotopic (exact) mass is 364 g/mol. The van der Waals surface area contributed by atoms with Gasteiger partial charge < -0.3 is 15.4 Å². The average Bonchev–Trinajstić information content (AvgIpc) is 2.55. The lowest BCUT2D eigenvalue weighted by Gasteiger charge is -2.13. The molecule has 7 heteroatoms. The van der Waals surface area contributed by atoms with Crippen molar-refractivity contribution >= 4 is 46.6 Å². The van der Waals surface area contributed by atoms with E-state index < -0.39 is 0 Å². The Morgan fingerprint density at radius 2 is 1.79 bits per heavy atom. The number of hydrogen-bond donors (Lipinski definition) is 2. The van der Waals surface area contributed by atoms with Crippen molar-refractivity contribution < 1.29 is 14.3 Å². The maximum atomic E-state index is 12.2. The summed E-state index contributed by atoms with van der Waals surface area (Å²) in [7, 11) is 1.54. The SMILES string of the molecule is COc1ccc(NC(C)=O)c(NC(=O)CSc2ccc(Cl)cc2)c1. The third-order valence-corrected chi connectivity index (χ3v) is 4.26. The third-order valence-electron chi connectivity index (χ3n) is 3.00. The fourth-order valence-electron chi connectivity index (χ4n) is 1.92. The van der Waals surface area contributed by atoms with Gasteiger partial charge in [0.1, 0.15) is 5.75 Å². The van der Waals surface area contributed by atoms with Crippen LogP contribution in [0.25, 0.3) is 0 Å². The molecule has 0 spiro atoms. The second kappa shape index (κ2) is 8.61. The van der Waals surface area contributed by atoms with Crippen molar-refractivity contribution in [3.8, 4) is 5.75 Å². The molecular formula is C17H17ClN2O3S. The van der Waals surface area contributed by atoms with E-state index in [-0.39, 0.29) is 17.6 Å². The van der Waals surface area contributed by atoms with Gasteiger partial charge in [0.2, 0.25) is 11.8 Å². The van der Waals surface area contributed by atoms with E-state index >= 15 is 0 Å². The Morgan fingerprint density at radius 3 is 2.42 bits per heavy atom. The van der Waals surface area contributed by atoms with Gasteiger partial charge >= 0.3 is 0 Å². The second-order valence-corrected chi connectivity index (χ2v) is 6.37. The van der Waals surface area contributed by atoms with Gasteiger partial charge in [0.15, 0.2) is 0 Å². The number of methoxy groups -OCH3 is 1. The largest absolute Gasteiger partial charge is 0.497 e. The fraction of sp³-hybridized carbons (Fsp3) is 0.176.